The maximum absolute atomic E-state index is 13.0. The Bertz CT molecular complexity index is 468. The number of urea groups is 1. The van der Waals surface area contributed by atoms with E-state index in [-0.39, 0.29) is 0 Å². The third-order valence-corrected chi connectivity index (χ3v) is 2.85. The van der Waals surface area contributed by atoms with Crippen LogP contribution < -0.4 is 16.0 Å². The molecule has 1 atom stereocenters. The van der Waals surface area contributed by atoms with E-state index in [9.17, 15) is 14.0 Å². The van der Waals surface area contributed by atoms with Gasteiger partial charge in [0.1, 0.15) is 11.9 Å². The van der Waals surface area contributed by atoms with Gasteiger partial charge in [0, 0.05) is 11.5 Å². The predicted molar refractivity (Wildman–Crippen MR) is 69.8 cm³/mol. The van der Waals surface area contributed by atoms with Gasteiger partial charge in [-0.25, -0.2) is 9.18 Å². The van der Waals surface area contributed by atoms with Gasteiger partial charge in [0.25, 0.3) is 0 Å². The maximum Gasteiger partial charge on any atom is 0.321 e. The smallest absolute Gasteiger partial charge is 0.321 e. The minimum absolute atomic E-state index is 0.417. The van der Waals surface area contributed by atoms with Gasteiger partial charge in [-0.05, 0) is 41.1 Å². The van der Waals surface area contributed by atoms with Gasteiger partial charge in [-0.2, -0.15) is 0 Å². The van der Waals surface area contributed by atoms with E-state index < -0.39 is 23.8 Å². The molecule has 18 heavy (non-hydrogen) atoms. The molecule has 0 fully saturated rings. The number of carbonyl (C=O) groups excluding carboxylic acids is 2. The Morgan fingerprint density at radius 2 is 2.06 bits per heavy atom. The van der Waals surface area contributed by atoms with Crippen molar-refractivity contribution < 1.29 is 14.0 Å². The van der Waals surface area contributed by atoms with Gasteiger partial charge >= 0.3 is 6.03 Å². The molecule has 7 heteroatoms. The molecular weight excluding hydrogens is 305 g/mol. The third-order valence-electron chi connectivity index (χ3n) is 2.16. The van der Waals surface area contributed by atoms with Gasteiger partial charge in [-0.15, -0.1) is 0 Å². The van der Waals surface area contributed by atoms with Gasteiger partial charge < -0.3 is 10.6 Å². The molecule has 0 saturated carbocycles. The Hall–Kier alpha value is -1.63. The molecule has 1 aromatic carbocycles. The van der Waals surface area contributed by atoms with Crippen LogP contribution in [0.4, 0.5) is 14.9 Å². The fourth-order valence-corrected chi connectivity index (χ4v) is 1.55. The minimum Gasteiger partial charge on any atom is -0.373 e. The van der Waals surface area contributed by atoms with Gasteiger partial charge in [0.2, 0.25) is 5.91 Å². The molecular formula is C11H13BrFN3O2. The summed E-state index contributed by atoms with van der Waals surface area (Å²) >= 11 is 3.23. The minimum atomic E-state index is -0.680. The first-order valence-electron chi connectivity index (χ1n) is 5.18. The van der Waals surface area contributed by atoms with Crippen LogP contribution in [0.25, 0.3) is 0 Å². The zero-order valence-corrected chi connectivity index (χ0v) is 11.5. The molecule has 0 aliphatic heterocycles. The summed E-state index contributed by atoms with van der Waals surface area (Å²) in [6.45, 7) is 1.57. The highest BCUT2D eigenvalue weighted by Gasteiger charge is 2.16. The second-order valence-electron chi connectivity index (χ2n) is 3.56. The summed E-state index contributed by atoms with van der Waals surface area (Å²) in [5.74, 6) is -0.926. The van der Waals surface area contributed by atoms with E-state index in [2.05, 4.69) is 31.9 Å². The van der Waals surface area contributed by atoms with Crippen molar-refractivity contribution in [3.8, 4) is 0 Å². The number of hydrogen-bond acceptors (Lipinski definition) is 3. The van der Waals surface area contributed by atoms with Gasteiger partial charge in [-0.1, -0.05) is 0 Å². The number of amides is 3. The van der Waals surface area contributed by atoms with E-state index in [0.29, 0.717) is 10.2 Å². The standard InChI is InChI=1S/C11H13BrFN3O2/c1-6(10(17)16-11(18)14-2)15-9-5-7(13)3-4-8(9)12/h3-6,15H,1-2H3,(H2,14,16,17,18). The molecule has 1 rings (SSSR count). The molecule has 1 unspecified atom stereocenters. The summed E-state index contributed by atoms with van der Waals surface area (Å²) in [4.78, 5) is 22.5. The van der Waals surface area contributed by atoms with E-state index in [1.54, 1.807) is 6.92 Å². The number of carbonyl (C=O) groups is 2. The van der Waals surface area contributed by atoms with Crippen LogP contribution in [0.3, 0.4) is 0 Å². The van der Waals surface area contributed by atoms with Crippen molar-refractivity contribution in [2.75, 3.05) is 12.4 Å². The Morgan fingerprint density at radius 1 is 1.39 bits per heavy atom. The van der Waals surface area contributed by atoms with Crippen molar-refractivity contribution in [2.24, 2.45) is 0 Å². The van der Waals surface area contributed by atoms with Crippen LogP contribution in [0, 0.1) is 5.82 Å². The molecule has 0 spiro atoms. The molecule has 5 nitrogen and oxygen atoms in total. The summed E-state index contributed by atoms with van der Waals surface area (Å²) in [6.07, 6.45) is 0. The van der Waals surface area contributed by atoms with Crippen molar-refractivity contribution in [3.63, 3.8) is 0 Å². The lowest BCUT2D eigenvalue weighted by molar-refractivity contribution is -0.120. The Balaban J connectivity index is 2.69. The normalized spacial score (nSPS) is 11.6. The average molecular weight is 318 g/mol. The Kier molecular flexibility index (Phi) is 5.08. The SMILES string of the molecule is CNC(=O)NC(=O)C(C)Nc1cc(F)ccc1Br. The number of rotatable bonds is 3. The molecule has 0 radical (unpaired) electrons. The molecule has 3 amide bonds. The van der Waals surface area contributed by atoms with Crippen LogP contribution in [0.2, 0.25) is 0 Å². The second kappa shape index (κ2) is 6.34. The van der Waals surface area contributed by atoms with E-state index in [1.165, 1.54) is 25.2 Å². The van der Waals surface area contributed by atoms with E-state index in [4.69, 9.17) is 0 Å². The number of imide groups is 1. The molecule has 3 N–H and O–H groups in total. The topological polar surface area (TPSA) is 70.2 Å². The van der Waals surface area contributed by atoms with E-state index >= 15 is 0 Å². The van der Waals surface area contributed by atoms with Crippen LogP contribution >= 0.6 is 15.9 Å². The number of hydrogen-bond donors (Lipinski definition) is 3. The molecule has 0 aliphatic rings. The highest BCUT2D eigenvalue weighted by molar-refractivity contribution is 9.10. The Labute approximate surface area is 112 Å². The molecule has 0 heterocycles. The molecule has 1 aromatic rings. The summed E-state index contributed by atoms with van der Waals surface area (Å²) < 4.78 is 13.7. The zero-order chi connectivity index (χ0) is 13.7. The number of nitrogens with one attached hydrogen (secondary N) is 3. The predicted octanol–water partition coefficient (Wildman–Crippen LogP) is 1.84. The largest absolute Gasteiger partial charge is 0.373 e. The first-order chi connectivity index (χ1) is 8.43. The molecule has 0 bridgehead atoms. The maximum atomic E-state index is 13.0. The Morgan fingerprint density at radius 3 is 2.67 bits per heavy atom. The van der Waals surface area contributed by atoms with Gasteiger partial charge in [0.15, 0.2) is 0 Å². The van der Waals surface area contributed by atoms with Gasteiger partial charge in [0.05, 0.1) is 5.69 Å². The average Bonchev–Trinajstić information content (AvgIpc) is 2.33. The molecule has 98 valence electrons. The monoisotopic (exact) mass is 317 g/mol. The first-order valence-corrected chi connectivity index (χ1v) is 5.97. The summed E-state index contributed by atoms with van der Waals surface area (Å²) in [7, 11) is 1.41. The highest BCUT2D eigenvalue weighted by atomic mass is 79.9. The van der Waals surface area contributed by atoms with Crippen molar-refractivity contribution in [2.45, 2.75) is 13.0 Å². The van der Waals surface area contributed by atoms with Crippen molar-refractivity contribution >= 4 is 33.6 Å². The van der Waals surface area contributed by atoms with Crippen LogP contribution in [-0.2, 0) is 4.79 Å². The number of halogens is 2. The third kappa shape index (κ3) is 3.99. The molecule has 0 saturated heterocycles. The lowest BCUT2D eigenvalue weighted by Crippen LogP contribution is -2.44. The second-order valence-corrected chi connectivity index (χ2v) is 4.41. The lowest BCUT2D eigenvalue weighted by atomic mass is 10.2. The summed E-state index contributed by atoms with van der Waals surface area (Å²) in [5, 5.41) is 7.19. The fourth-order valence-electron chi connectivity index (χ4n) is 1.19. The number of benzene rings is 1. The first kappa shape index (κ1) is 14.4. The fraction of sp³-hybridized carbons (Fsp3) is 0.273. The van der Waals surface area contributed by atoms with Crippen LogP contribution in [0.1, 0.15) is 6.92 Å². The van der Waals surface area contributed by atoms with E-state index in [1.807, 2.05) is 0 Å². The molecule has 0 aliphatic carbocycles. The van der Waals surface area contributed by atoms with Crippen LogP contribution in [0.15, 0.2) is 22.7 Å². The van der Waals surface area contributed by atoms with Crippen LogP contribution in [-0.4, -0.2) is 25.0 Å². The van der Waals surface area contributed by atoms with Crippen molar-refractivity contribution in [1.82, 2.24) is 10.6 Å². The summed E-state index contributed by atoms with van der Waals surface area (Å²) in [5.41, 5.74) is 0.439. The van der Waals surface area contributed by atoms with Gasteiger partial charge in [-0.3, -0.25) is 10.1 Å². The highest BCUT2D eigenvalue weighted by Crippen LogP contribution is 2.23. The number of anilines is 1. The van der Waals surface area contributed by atoms with Crippen LogP contribution in [0.5, 0.6) is 0 Å². The quantitative estimate of drug-likeness (QED) is 0.796. The zero-order valence-electron chi connectivity index (χ0n) is 9.88. The summed E-state index contributed by atoms with van der Waals surface area (Å²) in [6, 6.07) is 2.81. The van der Waals surface area contributed by atoms with Crippen molar-refractivity contribution in [3.05, 3.63) is 28.5 Å². The molecule has 0 aromatic heterocycles. The van der Waals surface area contributed by atoms with E-state index in [0.717, 1.165) is 0 Å². The lowest BCUT2D eigenvalue weighted by Gasteiger charge is -2.15. The van der Waals surface area contributed by atoms with Crippen molar-refractivity contribution in [1.29, 1.82) is 0 Å².